The van der Waals surface area contributed by atoms with E-state index in [4.69, 9.17) is 0 Å². The SMILES string of the molecule is CC(C)(C)C(=O)C1CCC(C(=O)C(C)(C)C)CC1.CC(C)(C)C(=O)C1CCCC(C(=O)C(C)(C)C)C1.CC(C)(C)C(=O)C1CCCCC1C(=O)C(C)(C)C. The molecule has 0 spiro atoms. The average Bonchev–Trinajstić information content (AvgIpc) is 3.04. The Balaban J connectivity index is 0.000000405. The van der Waals surface area contributed by atoms with Crippen LogP contribution in [0.5, 0.6) is 0 Å². The monoisotopic (exact) mass is 757 g/mol. The van der Waals surface area contributed by atoms with E-state index in [9.17, 15) is 28.8 Å². The highest BCUT2D eigenvalue weighted by Gasteiger charge is 2.43. The number of hydrogen-bond acceptors (Lipinski definition) is 6. The van der Waals surface area contributed by atoms with Gasteiger partial charge in [0.1, 0.15) is 34.7 Å². The first kappa shape index (κ1) is 50.0. The van der Waals surface area contributed by atoms with Crippen LogP contribution in [0.1, 0.15) is 202 Å². The Morgan fingerprint density at radius 2 is 0.500 bits per heavy atom. The third-order valence-electron chi connectivity index (χ3n) is 11.8. The first-order chi connectivity index (χ1) is 24.1. The van der Waals surface area contributed by atoms with Gasteiger partial charge in [0.2, 0.25) is 0 Å². The highest BCUT2D eigenvalue weighted by atomic mass is 16.2. The normalized spacial score (nSPS) is 25.9. The summed E-state index contributed by atoms with van der Waals surface area (Å²) in [5, 5.41) is 0. The van der Waals surface area contributed by atoms with Crippen molar-refractivity contribution in [3.8, 4) is 0 Å². The molecule has 6 nitrogen and oxygen atoms in total. The van der Waals surface area contributed by atoms with Crippen molar-refractivity contribution < 1.29 is 28.8 Å². The van der Waals surface area contributed by atoms with Crippen molar-refractivity contribution in [2.75, 3.05) is 0 Å². The molecule has 0 radical (unpaired) electrons. The third kappa shape index (κ3) is 15.2. The predicted molar refractivity (Wildman–Crippen MR) is 223 cm³/mol. The molecule has 3 saturated carbocycles. The Bertz CT molecular complexity index is 1200. The molecule has 312 valence electrons. The van der Waals surface area contributed by atoms with E-state index in [1.165, 1.54) is 0 Å². The van der Waals surface area contributed by atoms with Gasteiger partial charge in [0.15, 0.2) is 0 Å². The summed E-state index contributed by atoms with van der Waals surface area (Å²) in [5.41, 5.74) is -1.72. The van der Waals surface area contributed by atoms with Crippen LogP contribution in [0.2, 0.25) is 0 Å². The van der Waals surface area contributed by atoms with E-state index in [1.807, 2.05) is 125 Å². The smallest absolute Gasteiger partial charge is 0.141 e. The minimum atomic E-state index is -0.335. The van der Waals surface area contributed by atoms with Crippen LogP contribution >= 0.6 is 0 Å². The summed E-state index contributed by atoms with van der Waals surface area (Å²) in [4.78, 5) is 74.1. The minimum Gasteiger partial charge on any atom is -0.299 e. The van der Waals surface area contributed by atoms with Gasteiger partial charge in [-0.1, -0.05) is 144 Å². The van der Waals surface area contributed by atoms with Crippen molar-refractivity contribution in [1.82, 2.24) is 0 Å². The molecule has 54 heavy (non-hydrogen) atoms. The van der Waals surface area contributed by atoms with Crippen molar-refractivity contribution in [3.63, 3.8) is 0 Å². The molecule has 3 aliphatic rings. The lowest BCUT2D eigenvalue weighted by molar-refractivity contribution is -0.142. The zero-order chi connectivity index (χ0) is 42.4. The highest BCUT2D eigenvalue weighted by Crippen LogP contribution is 2.41. The quantitative estimate of drug-likeness (QED) is 0.267. The van der Waals surface area contributed by atoms with Crippen molar-refractivity contribution >= 4 is 34.7 Å². The number of carbonyl (C=O) groups is 6. The van der Waals surface area contributed by atoms with Crippen molar-refractivity contribution in [2.45, 2.75) is 202 Å². The van der Waals surface area contributed by atoms with Crippen molar-refractivity contribution in [3.05, 3.63) is 0 Å². The molecule has 3 fully saturated rings. The zero-order valence-electron chi connectivity index (χ0n) is 38.4. The van der Waals surface area contributed by atoms with Gasteiger partial charge in [0, 0.05) is 68.0 Å². The Labute approximate surface area is 332 Å². The van der Waals surface area contributed by atoms with E-state index in [2.05, 4.69) is 0 Å². The maximum Gasteiger partial charge on any atom is 0.141 e. The Kier molecular flexibility index (Phi) is 17.6. The molecule has 0 aromatic rings. The number of hydrogen-bond donors (Lipinski definition) is 0. The molecule has 0 aromatic carbocycles. The summed E-state index contributed by atoms with van der Waals surface area (Å²) < 4.78 is 0. The minimum absolute atomic E-state index is 0.0505. The molecule has 0 aliphatic heterocycles. The van der Waals surface area contributed by atoms with E-state index in [1.54, 1.807) is 0 Å². The molecule has 0 aromatic heterocycles. The van der Waals surface area contributed by atoms with E-state index in [-0.39, 0.29) is 79.6 Å². The Morgan fingerprint density at radius 3 is 0.722 bits per heavy atom. The maximum absolute atomic E-state index is 12.5. The van der Waals surface area contributed by atoms with Gasteiger partial charge in [-0.2, -0.15) is 0 Å². The fourth-order valence-electron chi connectivity index (χ4n) is 8.60. The van der Waals surface area contributed by atoms with Gasteiger partial charge in [0.25, 0.3) is 0 Å². The molecule has 0 amide bonds. The summed E-state index contributed by atoms with van der Waals surface area (Å²) in [6, 6.07) is 0. The molecule has 3 aliphatic carbocycles. The average molecular weight is 757 g/mol. The summed E-state index contributed by atoms with van der Waals surface area (Å²) in [7, 11) is 0. The van der Waals surface area contributed by atoms with Gasteiger partial charge < -0.3 is 0 Å². The summed E-state index contributed by atoms with van der Waals surface area (Å²) in [6.45, 7) is 35.6. The standard InChI is InChI=1S/3C16H28O2/c1-15(2,3)13(17)11-7-9-12(10-8-11)14(18)16(4,5)6;1-15(2,3)13(17)11-8-7-9-12(10-11)14(18)16(4,5)6;1-15(2,3)13(17)11-9-7-8-10-12(11)14(18)16(4,5)6/h3*11-12H,7-10H2,1-6H3. The summed E-state index contributed by atoms with van der Waals surface area (Å²) in [6.07, 6.45) is 11.2. The zero-order valence-corrected chi connectivity index (χ0v) is 38.4. The van der Waals surface area contributed by atoms with Crippen molar-refractivity contribution in [2.24, 2.45) is 68.0 Å². The van der Waals surface area contributed by atoms with Gasteiger partial charge in [0.05, 0.1) is 0 Å². The van der Waals surface area contributed by atoms with Gasteiger partial charge in [-0.25, -0.2) is 0 Å². The number of Topliss-reactive ketones (excluding diaryl/α,β-unsaturated/α-hetero) is 6. The molecule has 0 saturated heterocycles. The van der Waals surface area contributed by atoms with Crippen LogP contribution in [0, 0.1) is 68.0 Å². The van der Waals surface area contributed by atoms with Crippen LogP contribution in [-0.4, -0.2) is 34.7 Å². The second-order valence-electron chi connectivity index (χ2n) is 23.3. The number of ketones is 6. The fourth-order valence-corrected chi connectivity index (χ4v) is 8.60. The van der Waals surface area contributed by atoms with Crippen LogP contribution in [0.4, 0.5) is 0 Å². The molecule has 4 atom stereocenters. The fraction of sp³-hybridized carbons (Fsp3) is 0.875. The van der Waals surface area contributed by atoms with Gasteiger partial charge in [-0.05, 0) is 57.8 Å². The predicted octanol–water partition coefficient (Wildman–Crippen LogP) is 12.1. The third-order valence-corrected chi connectivity index (χ3v) is 11.8. The molecule has 0 N–H and O–H groups in total. The first-order valence-corrected chi connectivity index (χ1v) is 21.4. The maximum atomic E-state index is 12.5. The molecule has 0 bridgehead atoms. The summed E-state index contributed by atoms with van der Waals surface area (Å²) >= 11 is 0. The van der Waals surface area contributed by atoms with Crippen LogP contribution in [-0.2, 0) is 28.8 Å². The van der Waals surface area contributed by atoms with Gasteiger partial charge >= 0.3 is 0 Å². The lowest BCUT2D eigenvalue weighted by atomic mass is 9.66. The van der Waals surface area contributed by atoms with Crippen LogP contribution in [0.15, 0.2) is 0 Å². The van der Waals surface area contributed by atoms with E-state index in [0.717, 1.165) is 77.0 Å². The second kappa shape index (κ2) is 19.0. The van der Waals surface area contributed by atoms with Crippen LogP contribution in [0.25, 0.3) is 0 Å². The van der Waals surface area contributed by atoms with Crippen LogP contribution < -0.4 is 0 Å². The largest absolute Gasteiger partial charge is 0.299 e. The second-order valence-corrected chi connectivity index (χ2v) is 23.3. The van der Waals surface area contributed by atoms with E-state index >= 15 is 0 Å². The number of carbonyl (C=O) groups excluding carboxylic acids is 6. The van der Waals surface area contributed by atoms with Gasteiger partial charge in [-0.3, -0.25) is 28.8 Å². The lowest BCUT2D eigenvalue weighted by Gasteiger charge is -2.36. The summed E-state index contributed by atoms with van der Waals surface area (Å²) in [5.74, 6) is 2.36. The molecule has 6 heteroatoms. The van der Waals surface area contributed by atoms with Crippen molar-refractivity contribution in [1.29, 1.82) is 0 Å². The lowest BCUT2D eigenvalue weighted by Crippen LogP contribution is -2.42. The molecule has 0 heterocycles. The van der Waals surface area contributed by atoms with E-state index < -0.39 is 0 Å². The number of rotatable bonds is 6. The Hall–Kier alpha value is -1.98. The Morgan fingerprint density at radius 1 is 0.278 bits per heavy atom. The highest BCUT2D eigenvalue weighted by molar-refractivity contribution is 5.94. The molecule has 4 unspecified atom stereocenters. The molecule has 3 rings (SSSR count). The topological polar surface area (TPSA) is 102 Å². The first-order valence-electron chi connectivity index (χ1n) is 21.4. The molecular weight excluding hydrogens is 673 g/mol. The molecular formula is C48H84O6. The van der Waals surface area contributed by atoms with Gasteiger partial charge in [-0.15, -0.1) is 0 Å². The van der Waals surface area contributed by atoms with Crippen LogP contribution in [0.3, 0.4) is 0 Å². The van der Waals surface area contributed by atoms with E-state index in [0.29, 0.717) is 23.1 Å².